The normalized spacial score (nSPS) is 31.1. The van der Waals surface area contributed by atoms with E-state index in [0.717, 1.165) is 5.92 Å². The fourth-order valence-electron chi connectivity index (χ4n) is 1.29. The summed E-state index contributed by atoms with van der Waals surface area (Å²) < 4.78 is 2.65. The van der Waals surface area contributed by atoms with E-state index in [-0.39, 0.29) is 0 Å². The molecule has 56 valence electrons. The predicted molar refractivity (Wildman–Crippen MR) is 35.9 cm³/mol. The van der Waals surface area contributed by atoms with Gasteiger partial charge in [-0.25, -0.2) is 0 Å². The van der Waals surface area contributed by atoms with Gasteiger partial charge in [0, 0.05) is 0 Å². The first-order chi connectivity index (χ1) is 4.33. The van der Waals surface area contributed by atoms with Crippen molar-refractivity contribution in [2.24, 2.45) is 5.92 Å². The van der Waals surface area contributed by atoms with E-state index in [2.05, 4.69) is 15.0 Å². The SMILES string of the molecule is C[I-]N1CCC[C@H](C)C1. The number of alkyl halides is 1. The summed E-state index contributed by atoms with van der Waals surface area (Å²) in [5.74, 6) is 0.971. The topological polar surface area (TPSA) is 3.24 Å². The molecule has 0 aromatic rings. The van der Waals surface area contributed by atoms with Crippen molar-refractivity contribution in [3.63, 3.8) is 0 Å². The van der Waals surface area contributed by atoms with Gasteiger partial charge < -0.3 is 0 Å². The van der Waals surface area contributed by atoms with E-state index >= 15 is 0 Å². The second-order valence-corrected chi connectivity index (χ2v) is 5.11. The Morgan fingerprint density at radius 1 is 1.56 bits per heavy atom. The summed E-state index contributed by atoms with van der Waals surface area (Å²) in [6, 6.07) is 0. The van der Waals surface area contributed by atoms with E-state index in [9.17, 15) is 0 Å². The van der Waals surface area contributed by atoms with E-state index in [4.69, 9.17) is 0 Å². The third-order valence-electron chi connectivity index (χ3n) is 1.85. The van der Waals surface area contributed by atoms with Crippen LogP contribution in [-0.4, -0.2) is 21.1 Å². The third-order valence-corrected chi connectivity index (χ3v) is 4.09. The van der Waals surface area contributed by atoms with Gasteiger partial charge in [0.15, 0.2) is 0 Å². The summed E-state index contributed by atoms with van der Waals surface area (Å²) in [5.41, 5.74) is 0. The molecule has 0 bridgehead atoms. The van der Waals surface area contributed by atoms with E-state index in [1.165, 1.54) is 25.9 Å². The first-order valence-electron chi connectivity index (χ1n) is 3.57. The summed E-state index contributed by atoms with van der Waals surface area (Å²) in [6.07, 6.45) is 2.90. The van der Waals surface area contributed by atoms with Gasteiger partial charge in [-0.1, -0.05) is 0 Å². The van der Waals surface area contributed by atoms with Crippen molar-refractivity contribution in [2.45, 2.75) is 19.8 Å². The van der Waals surface area contributed by atoms with Gasteiger partial charge in [0.25, 0.3) is 0 Å². The molecule has 0 unspecified atom stereocenters. The molecule has 1 aliphatic heterocycles. The van der Waals surface area contributed by atoms with Crippen LogP contribution < -0.4 is 21.5 Å². The van der Waals surface area contributed by atoms with Crippen molar-refractivity contribution < 1.29 is 21.5 Å². The molecule has 1 aliphatic rings. The molecule has 1 heterocycles. The molecule has 1 fully saturated rings. The van der Waals surface area contributed by atoms with E-state index in [1.54, 1.807) is 0 Å². The van der Waals surface area contributed by atoms with Crippen LogP contribution in [0.25, 0.3) is 0 Å². The van der Waals surface area contributed by atoms with Crippen molar-refractivity contribution in [1.82, 2.24) is 3.11 Å². The predicted octanol–water partition coefficient (Wildman–Crippen LogP) is -1.65. The van der Waals surface area contributed by atoms with Crippen molar-refractivity contribution in [1.29, 1.82) is 0 Å². The minimum absolute atomic E-state index is 0.392. The van der Waals surface area contributed by atoms with Crippen LogP contribution in [0.1, 0.15) is 19.8 Å². The zero-order valence-corrected chi connectivity index (χ0v) is 8.39. The second kappa shape index (κ2) is 3.76. The van der Waals surface area contributed by atoms with Crippen LogP contribution in [0.5, 0.6) is 0 Å². The van der Waals surface area contributed by atoms with Crippen LogP contribution in [0, 0.1) is 5.92 Å². The average Bonchev–Trinajstić information content (AvgIpc) is 1.88. The Morgan fingerprint density at radius 3 is 2.78 bits per heavy atom. The van der Waals surface area contributed by atoms with E-state index in [1.807, 2.05) is 0 Å². The number of piperidine rings is 1. The van der Waals surface area contributed by atoms with Crippen LogP contribution in [0.15, 0.2) is 0 Å². The average molecular weight is 240 g/mol. The molecule has 1 rings (SSSR count). The Bertz CT molecular complexity index is 85.0. The molecule has 1 nitrogen and oxygen atoms in total. The van der Waals surface area contributed by atoms with Crippen LogP contribution in [-0.2, 0) is 0 Å². The molecular weight excluding hydrogens is 225 g/mol. The quantitative estimate of drug-likeness (QED) is 0.301. The van der Waals surface area contributed by atoms with Gasteiger partial charge in [-0.05, 0) is 0 Å². The molecule has 0 aliphatic carbocycles. The molecular formula is C7H15IN-. The molecule has 2 heteroatoms. The summed E-state index contributed by atoms with van der Waals surface area (Å²) in [4.78, 5) is 2.36. The molecule has 0 N–H and O–H groups in total. The molecule has 0 aromatic heterocycles. The second-order valence-electron chi connectivity index (χ2n) is 2.79. The van der Waals surface area contributed by atoms with Crippen LogP contribution in [0.3, 0.4) is 0 Å². The molecule has 0 radical (unpaired) electrons. The number of rotatable bonds is 1. The van der Waals surface area contributed by atoms with Crippen molar-refractivity contribution in [2.75, 3.05) is 18.0 Å². The maximum atomic E-state index is 2.65. The van der Waals surface area contributed by atoms with Crippen LogP contribution in [0.4, 0.5) is 0 Å². The Labute approximate surface area is 68.4 Å². The zero-order valence-electron chi connectivity index (χ0n) is 6.23. The monoisotopic (exact) mass is 240 g/mol. The van der Waals surface area contributed by atoms with Gasteiger partial charge in [0.1, 0.15) is 0 Å². The van der Waals surface area contributed by atoms with Gasteiger partial charge in [-0.3, -0.25) is 0 Å². The number of halogens is 1. The minimum atomic E-state index is 0.392. The first kappa shape index (κ1) is 7.79. The number of hydrogen-bond acceptors (Lipinski definition) is 1. The Hall–Kier alpha value is 0.690. The van der Waals surface area contributed by atoms with E-state index < -0.39 is 0 Å². The summed E-state index contributed by atoms with van der Waals surface area (Å²) in [5, 5.41) is 0. The standard InChI is InChI=1S/C7H15IN/c1-7-4-3-5-9(6-7)8-2/h7H,3-6H2,1-2H3/q-1/t7-/m0/s1. The fraction of sp³-hybridized carbons (Fsp3) is 1.00. The Morgan fingerprint density at radius 2 is 2.33 bits per heavy atom. The van der Waals surface area contributed by atoms with Gasteiger partial charge >= 0.3 is 68.3 Å². The van der Waals surface area contributed by atoms with Crippen molar-refractivity contribution >= 4 is 0 Å². The number of hydrogen-bond donors (Lipinski definition) is 0. The van der Waals surface area contributed by atoms with Crippen LogP contribution >= 0.6 is 0 Å². The molecule has 0 aromatic carbocycles. The molecule has 0 amide bonds. The Kier molecular flexibility index (Phi) is 3.26. The van der Waals surface area contributed by atoms with Crippen molar-refractivity contribution in [3.8, 4) is 0 Å². The molecule has 1 saturated heterocycles. The van der Waals surface area contributed by atoms with Gasteiger partial charge in [-0.2, -0.15) is 0 Å². The summed E-state index contributed by atoms with van der Waals surface area (Å²) in [7, 11) is 0. The van der Waals surface area contributed by atoms with Gasteiger partial charge in [-0.15, -0.1) is 0 Å². The van der Waals surface area contributed by atoms with Crippen molar-refractivity contribution in [3.05, 3.63) is 0 Å². The van der Waals surface area contributed by atoms with Crippen LogP contribution in [0.2, 0.25) is 0 Å². The molecule has 0 spiro atoms. The zero-order chi connectivity index (χ0) is 6.69. The number of nitrogens with zero attached hydrogens (tertiary/aromatic N) is 1. The van der Waals surface area contributed by atoms with Gasteiger partial charge in [0.2, 0.25) is 0 Å². The summed E-state index contributed by atoms with van der Waals surface area (Å²) >= 11 is 0.392. The molecule has 9 heavy (non-hydrogen) atoms. The molecule has 1 atom stereocenters. The third kappa shape index (κ3) is 2.42. The maximum absolute atomic E-state index is 2.65. The first-order valence-corrected chi connectivity index (χ1v) is 6.70. The Balaban J connectivity index is 2.23. The van der Waals surface area contributed by atoms with Gasteiger partial charge in [0.05, 0.1) is 0 Å². The fourth-order valence-corrected chi connectivity index (χ4v) is 3.18. The summed E-state index contributed by atoms with van der Waals surface area (Å²) in [6.45, 7) is 5.13. The van der Waals surface area contributed by atoms with E-state index in [0.29, 0.717) is 21.5 Å². The molecule has 0 saturated carbocycles.